The summed E-state index contributed by atoms with van der Waals surface area (Å²) < 4.78 is 30.0. The van der Waals surface area contributed by atoms with E-state index in [9.17, 15) is 18.4 Å². The molecule has 0 unspecified atom stereocenters. The number of benzene rings is 2. The van der Waals surface area contributed by atoms with E-state index < -0.39 is 17.3 Å². The third kappa shape index (κ3) is 3.90. The molecule has 5 rings (SSSR count). The molecule has 0 bridgehead atoms. The van der Waals surface area contributed by atoms with Crippen LogP contribution in [0.4, 0.5) is 14.6 Å². The largest absolute Gasteiger partial charge is 0.352 e. The van der Waals surface area contributed by atoms with E-state index in [1.54, 1.807) is 15.5 Å². The number of hydrogen-bond donors (Lipinski definition) is 0. The Hall–Kier alpha value is -2.91. The number of piperazine rings is 1. The van der Waals surface area contributed by atoms with Crippen LogP contribution >= 0.6 is 23.4 Å². The summed E-state index contributed by atoms with van der Waals surface area (Å²) in [5.41, 5.74) is 0.866. The van der Waals surface area contributed by atoms with Crippen LogP contribution in [0.25, 0.3) is 22.0 Å². The number of amides is 1. The molecule has 1 fully saturated rings. The average molecular weight is 517 g/mol. The average Bonchev–Trinajstić information content (AvgIpc) is 2.81. The van der Waals surface area contributed by atoms with Crippen LogP contribution in [-0.4, -0.2) is 51.3 Å². The van der Waals surface area contributed by atoms with Crippen molar-refractivity contribution in [2.75, 3.05) is 23.7 Å². The molecule has 0 spiro atoms. The van der Waals surface area contributed by atoms with Crippen LogP contribution in [0.3, 0.4) is 0 Å². The SMILES string of the molecule is C=CC(=O)N1[C@@H](C)CN(c2nc(=O)n3c4c(c(-c5ccc(F)cc5F)c(Cl)cc24)SCC3)C[C@@H]1C. The number of nitrogens with zero attached hydrogens (tertiary/aromatic N) is 4. The van der Waals surface area contributed by atoms with Crippen LogP contribution in [0.2, 0.25) is 5.02 Å². The Kier molecular flexibility index (Phi) is 6.09. The zero-order valence-electron chi connectivity index (χ0n) is 19.2. The van der Waals surface area contributed by atoms with Crippen LogP contribution in [0.5, 0.6) is 0 Å². The van der Waals surface area contributed by atoms with Gasteiger partial charge in [0.2, 0.25) is 5.91 Å². The van der Waals surface area contributed by atoms with Crippen LogP contribution in [0.15, 0.2) is 46.6 Å². The van der Waals surface area contributed by atoms with Crippen LogP contribution < -0.4 is 10.6 Å². The number of thioether (sulfide) groups is 1. The smallest absolute Gasteiger partial charge is 0.350 e. The number of rotatable bonds is 3. The zero-order chi connectivity index (χ0) is 25.0. The standard InChI is InChI=1S/C25H23ClF2N4O2S/c1-4-20(33)32-13(2)11-30(12-14(32)3)24-17-10-18(26)21(16-6-5-15(27)9-19(16)28)23-22(17)31(7-8-35-23)25(34)29-24/h4-6,9-10,13-14H,1,7-8,11-12H2,2-3H3/t13-,14-/m0/s1. The molecule has 3 heterocycles. The van der Waals surface area contributed by atoms with E-state index in [1.807, 2.05) is 18.7 Å². The fraction of sp³-hybridized carbons (Fsp3) is 0.320. The predicted molar refractivity (Wildman–Crippen MR) is 135 cm³/mol. The molecule has 0 N–H and O–H groups in total. The highest BCUT2D eigenvalue weighted by Crippen LogP contribution is 2.46. The van der Waals surface area contributed by atoms with Crippen molar-refractivity contribution in [2.45, 2.75) is 37.4 Å². The summed E-state index contributed by atoms with van der Waals surface area (Å²) >= 11 is 8.22. The van der Waals surface area contributed by atoms with Gasteiger partial charge in [0.15, 0.2) is 0 Å². The highest BCUT2D eigenvalue weighted by Gasteiger charge is 2.34. The lowest BCUT2D eigenvalue weighted by Crippen LogP contribution is -2.58. The lowest BCUT2D eigenvalue weighted by atomic mass is 10.0. The Morgan fingerprint density at radius 3 is 2.60 bits per heavy atom. The van der Waals surface area contributed by atoms with E-state index in [0.29, 0.717) is 57.6 Å². The van der Waals surface area contributed by atoms with Gasteiger partial charge in [0, 0.05) is 64.9 Å². The maximum absolute atomic E-state index is 14.8. The van der Waals surface area contributed by atoms with E-state index in [0.717, 1.165) is 6.07 Å². The molecule has 1 aromatic heterocycles. The zero-order valence-corrected chi connectivity index (χ0v) is 20.8. The second kappa shape index (κ2) is 8.95. The van der Waals surface area contributed by atoms with Crippen molar-refractivity contribution in [3.8, 4) is 11.1 Å². The number of anilines is 1. The van der Waals surface area contributed by atoms with Crippen LogP contribution in [0.1, 0.15) is 13.8 Å². The molecule has 2 atom stereocenters. The van der Waals surface area contributed by atoms with E-state index in [-0.39, 0.29) is 23.6 Å². The van der Waals surface area contributed by atoms with Gasteiger partial charge in [0.1, 0.15) is 17.5 Å². The van der Waals surface area contributed by atoms with E-state index in [4.69, 9.17) is 11.6 Å². The Balaban J connectivity index is 1.71. The Bertz CT molecular complexity index is 1430. The van der Waals surface area contributed by atoms with E-state index in [2.05, 4.69) is 11.6 Å². The van der Waals surface area contributed by atoms with Crippen molar-refractivity contribution in [3.05, 3.63) is 64.1 Å². The number of carbonyl (C=O) groups excluding carboxylic acids is 1. The number of aromatic nitrogens is 2. The minimum absolute atomic E-state index is 0.131. The summed E-state index contributed by atoms with van der Waals surface area (Å²) in [6.45, 7) is 8.90. The molecule has 1 saturated heterocycles. The minimum Gasteiger partial charge on any atom is -0.352 e. The van der Waals surface area contributed by atoms with E-state index >= 15 is 0 Å². The van der Waals surface area contributed by atoms with Crippen molar-refractivity contribution in [1.82, 2.24) is 14.5 Å². The van der Waals surface area contributed by atoms with Gasteiger partial charge in [-0.05, 0) is 38.1 Å². The maximum Gasteiger partial charge on any atom is 0.350 e. The van der Waals surface area contributed by atoms with Gasteiger partial charge in [0.25, 0.3) is 0 Å². The third-order valence-electron chi connectivity index (χ3n) is 6.56. The van der Waals surface area contributed by atoms with Crippen molar-refractivity contribution in [2.24, 2.45) is 0 Å². The quantitative estimate of drug-likeness (QED) is 0.472. The maximum atomic E-state index is 14.8. The Morgan fingerprint density at radius 1 is 1.23 bits per heavy atom. The molecule has 182 valence electrons. The first-order valence-corrected chi connectivity index (χ1v) is 12.6. The fourth-order valence-corrected chi connectivity index (χ4v) is 6.73. The van der Waals surface area contributed by atoms with Gasteiger partial charge in [-0.25, -0.2) is 13.6 Å². The molecular weight excluding hydrogens is 494 g/mol. The highest BCUT2D eigenvalue weighted by atomic mass is 35.5. The van der Waals surface area contributed by atoms with E-state index in [1.165, 1.54) is 30.0 Å². The lowest BCUT2D eigenvalue weighted by Gasteiger charge is -2.44. The molecule has 6 nitrogen and oxygen atoms in total. The summed E-state index contributed by atoms with van der Waals surface area (Å²) in [7, 11) is 0. The number of halogens is 3. The normalized spacial score (nSPS) is 19.8. The van der Waals surface area contributed by atoms with Gasteiger partial charge in [-0.15, -0.1) is 11.8 Å². The molecule has 2 aliphatic rings. The Labute approximate surface area is 210 Å². The summed E-state index contributed by atoms with van der Waals surface area (Å²) in [6.07, 6.45) is 1.31. The fourth-order valence-electron chi connectivity index (χ4n) is 5.17. The first-order chi connectivity index (χ1) is 16.7. The van der Waals surface area contributed by atoms with Crippen LogP contribution in [-0.2, 0) is 11.3 Å². The van der Waals surface area contributed by atoms with Crippen molar-refractivity contribution >= 4 is 46.0 Å². The van der Waals surface area contributed by atoms with Gasteiger partial charge in [-0.2, -0.15) is 4.98 Å². The second-order valence-electron chi connectivity index (χ2n) is 8.85. The first kappa shape index (κ1) is 23.8. The predicted octanol–water partition coefficient (Wildman–Crippen LogP) is 4.71. The molecule has 35 heavy (non-hydrogen) atoms. The van der Waals surface area contributed by atoms with Crippen molar-refractivity contribution in [3.63, 3.8) is 0 Å². The monoisotopic (exact) mass is 516 g/mol. The molecule has 0 saturated carbocycles. The molecular formula is C25H23ClF2N4O2S. The lowest BCUT2D eigenvalue weighted by molar-refractivity contribution is -0.130. The number of carbonyl (C=O) groups is 1. The van der Waals surface area contributed by atoms with Gasteiger partial charge >= 0.3 is 5.69 Å². The summed E-state index contributed by atoms with van der Waals surface area (Å²) in [5, 5.41) is 0.980. The summed E-state index contributed by atoms with van der Waals surface area (Å²) in [5.74, 6) is -0.453. The van der Waals surface area contributed by atoms with Crippen molar-refractivity contribution < 1.29 is 13.6 Å². The van der Waals surface area contributed by atoms with Gasteiger partial charge in [0.05, 0.1) is 10.5 Å². The topological polar surface area (TPSA) is 58.4 Å². The molecule has 10 heteroatoms. The van der Waals surface area contributed by atoms with Gasteiger partial charge < -0.3 is 9.80 Å². The van der Waals surface area contributed by atoms with Gasteiger partial charge in [-0.3, -0.25) is 9.36 Å². The molecule has 2 aromatic carbocycles. The van der Waals surface area contributed by atoms with Gasteiger partial charge in [-0.1, -0.05) is 18.2 Å². The molecule has 2 aliphatic heterocycles. The molecule has 3 aromatic rings. The minimum atomic E-state index is -0.720. The first-order valence-electron chi connectivity index (χ1n) is 11.3. The molecule has 0 aliphatic carbocycles. The molecule has 1 amide bonds. The number of aryl methyl sites for hydroxylation is 1. The number of hydrogen-bond acceptors (Lipinski definition) is 5. The Morgan fingerprint density at radius 2 is 1.94 bits per heavy atom. The highest BCUT2D eigenvalue weighted by molar-refractivity contribution is 7.99. The summed E-state index contributed by atoms with van der Waals surface area (Å²) in [6, 6.07) is 4.83. The second-order valence-corrected chi connectivity index (χ2v) is 10.4. The molecule has 0 radical (unpaired) electrons. The summed E-state index contributed by atoms with van der Waals surface area (Å²) in [4.78, 5) is 34.3. The van der Waals surface area contributed by atoms with Crippen LogP contribution in [0, 0.1) is 11.6 Å². The van der Waals surface area contributed by atoms with Crippen molar-refractivity contribution in [1.29, 1.82) is 0 Å². The third-order valence-corrected chi connectivity index (χ3v) is 7.93.